The Morgan fingerprint density at radius 1 is 1.24 bits per heavy atom. The van der Waals surface area contributed by atoms with Gasteiger partial charge in [0.1, 0.15) is 6.04 Å². The van der Waals surface area contributed by atoms with Gasteiger partial charge in [-0.1, -0.05) is 36.8 Å². The van der Waals surface area contributed by atoms with Gasteiger partial charge in [-0.2, -0.15) is 0 Å². The standard InChI is InChI=1S/C16H24N2O2S/c1-4-9-17-16(20)13(3)18-15(19)11-21-10-14-7-5-12(2)6-8-14/h5-8,13H,4,9-11H2,1-3H3,(H,17,20)(H,18,19). The lowest BCUT2D eigenvalue weighted by Gasteiger charge is -2.13. The van der Waals surface area contributed by atoms with Crippen molar-refractivity contribution in [2.45, 2.75) is 39.0 Å². The van der Waals surface area contributed by atoms with Crippen molar-refractivity contribution >= 4 is 23.6 Å². The van der Waals surface area contributed by atoms with Crippen LogP contribution < -0.4 is 10.6 Å². The fourth-order valence-electron chi connectivity index (χ4n) is 1.70. The Morgan fingerprint density at radius 3 is 2.52 bits per heavy atom. The Labute approximate surface area is 131 Å². The topological polar surface area (TPSA) is 58.2 Å². The van der Waals surface area contributed by atoms with Gasteiger partial charge in [-0.05, 0) is 25.8 Å². The molecule has 1 rings (SSSR count). The molecule has 21 heavy (non-hydrogen) atoms. The summed E-state index contributed by atoms with van der Waals surface area (Å²) in [5, 5.41) is 5.48. The summed E-state index contributed by atoms with van der Waals surface area (Å²) in [4.78, 5) is 23.4. The summed E-state index contributed by atoms with van der Waals surface area (Å²) in [6.07, 6.45) is 0.888. The van der Waals surface area contributed by atoms with E-state index in [4.69, 9.17) is 0 Å². The molecule has 0 saturated heterocycles. The molecule has 116 valence electrons. The monoisotopic (exact) mass is 308 g/mol. The Kier molecular flexibility index (Phi) is 7.90. The molecule has 0 spiro atoms. The van der Waals surface area contributed by atoms with Gasteiger partial charge in [0, 0.05) is 12.3 Å². The van der Waals surface area contributed by atoms with Gasteiger partial charge in [-0.15, -0.1) is 11.8 Å². The van der Waals surface area contributed by atoms with E-state index >= 15 is 0 Å². The fourth-order valence-corrected chi connectivity index (χ4v) is 2.49. The van der Waals surface area contributed by atoms with Crippen molar-refractivity contribution in [3.63, 3.8) is 0 Å². The number of rotatable bonds is 8. The molecule has 0 bridgehead atoms. The first-order valence-corrected chi connectivity index (χ1v) is 8.38. The Balaban J connectivity index is 2.24. The van der Waals surface area contributed by atoms with Crippen LogP contribution in [0.1, 0.15) is 31.4 Å². The summed E-state index contributed by atoms with van der Waals surface area (Å²) < 4.78 is 0. The highest BCUT2D eigenvalue weighted by Gasteiger charge is 2.14. The predicted molar refractivity (Wildman–Crippen MR) is 88.2 cm³/mol. The third-order valence-electron chi connectivity index (χ3n) is 2.94. The van der Waals surface area contributed by atoms with E-state index in [0.717, 1.165) is 12.2 Å². The van der Waals surface area contributed by atoms with Crippen LogP contribution in [0.4, 0.5) is 0 Å². The number of carbonyl (C=O) groups is 2. The highest BCUT2D eigenvalue weighted by Crippen LogP contribution is 2.12. The van der Waals surface area contributed by atoms with Gasteiger partial charge < -0.3 is 10.6 Å². The number of benzene rings is 1. The van der Waals surface area contributed by atoms with E-state index in [1.807, 2.05) is 6.92 Å². The molecule has 0 aliphatic carbocycles. The molecular formula is C16H24N2O2S. The van der Waals surface area contributed by atoms with Gasteiger partial charge in [0.05, 0.1) is 5.75 Å². The third kappa shape index (κ3) is 7.18. The molecule has 0 heterocycles. The minimum Gasteiger partial charge on any atom is -0.354 e. The first-order chi connectivity index (χ1) is 10.0. The van der Waals surface area contributed by atoms with Crippen molar-refractivity contribution in [2.75, 3.05) is 12.3 Å². The minimum atomic E-state index is -0.482. The van der Waals surface area contributed by atoms with Crippen LogP contribution in [0.15, 0.2) is 24.3 Å². The molecule has 0 aromatic heterocycles. The van der Waals surface area contributed by atoms with Crippen LogP contribution in [0, 0.1) is 6.92 Å². The summed E-state index contributed by atoms with van der Waals surface area (Å²) in [7, 11) is 0. The maximum Gasteiger partial charge on any atom is 0.242 e. The number of thioether (sulfide) groups is 1. The van der Waals surface area contributed by atoms with Crippen LogP contribution in [-0.4, -0.2) is 30.2 Å². The second-order valence-electron chi connectivity index (χ2n) is 5.06. The molecule has 0 saturated carbocycles. The Morgan fingerprint density at radius 2 is 1.90 bits per heavy atom. The van der Waals surface area contributed by atoms with E-state index in [-0.39, 0.29) is 11.8 Å². The average molecular weight is 308 g/mol. The van der Waals surface area contributed by atoms with E-state index in [1.54, 1.807) is 18.7 Å². The lowest BCUT2D eigenvalue weighted by molar-refractivity contribution is -0.127. The van der Waals surface area contributed by atoms with Crippen LogP contribution in [0.5, 0.6) is 0 Å². The molecule has 1 atom stereocenters. The molecule has 0 aliphatic rings. The molecule has 1 aromatic carbocycles. The molecule has 0 radical (unpaired) electrons. The zero-order chi connectivity index (χ0) is 15.7. The van der Waals surface area contributed by atoms with Gasteiger partial charge in [-0.25, -0.2) is 0 Å². The molecule has 2 N–H and O–H groups in total. The summed E-state index contributed by atoms with van der Waals surface area (Å²) >= 11 is 1.55. The van der Waals surface area contributed by atoms with Crippen molar-refractivity contribution in [1.29, 1.82) is 0 Å². The van der Waals surface area contributed by atoms with Crippen LogP contribution in [0.3, 0.4) is 0 Å². The molecule has 1 unspecified atom stereocenters. The van der Waals surface area contributed by atoms with Gasteiger partial charge in [0.15, 0.2) is 0 Å². The average Bonchev–Trinajstić information content (AvgIpc) is 2.46. The highest BCUT2D eigenvalue weighted by atomic mass is 32.2. The van der Waals surface area contributed by atoms with Crippen molar-refractivity contribution in [3.8, 4) is 0 Å². The summed E-state index contributed by atoms with van der Waals surface area (Å²) in [5.41, 5.74) is 2.43. The number of amides is 2. The zero-order valence-electron chi connectivity index (χ0n) is 12.9. The van der Waals surface area contributed by atoms with E-state index < -0.39 is 6.04 Å². The Bertz CT molecular complexity index is 460. The first kappa shape index (κ1) is 17.6. The van der Waals surface area contributed by atoms with Crippen molar-refractivity contribution in [1.82, 2.24) is 10.6 Å². The quantitative estimate of drug-likeness (QED) is 0.774. The second kappa shape index (κ2) is 9.45. The lowest BCUT2D eigenvalue weighted by Crippen LogP contribution is -2.45. The number of hydrogen-bond acceptors (Lipinski definition) is 3. The highest BCUT2D eigenvalue weighted by molar-refractivity contribution is 7.99. The van der Waals surface area contributed by atoms with E-state index in [9.17, 15) is 9.59 Å². The number of nitrogens with one attached hydrogen (secondary N) is 2. The lowest BCUT2D eigenvalue weighted by atomic mass is 10.2. The Hall–Kier alpha value is -1.49. The van der Waals surface area contributed by atoms with Crippen LogP contribution in [-0.2, 0) is 15.3 Å². The molecular weight excluding hydrogens is 284 g/mol. The van der Waals surface area contributed by atoms with Crippen molar-refractivity contribution in [2.24, 2.45) is 0 Å². The normalized spacial score (nSPS) is 11.8. The first-order valence-electron chi connectivity index (χ1n) is 7.23. The SMILES string of the molecule is CCCNC(=O)C(C)NC(=O)CSCc1ccc(C)cc1. The molecule has 2 amide bonds. The van der Waals surface area contributed by atoms with Gasteiger partial charge in [-0.3, -0.25) is 9.59 Å². The van der Waals surface area contributed by atoms with E-state index in [2.05, 4.69) is 41.8 Å². The van der Waals surface area contributed by atoms with Crippen LogP contribution in [0.25, 0.3) is 0 Å². The van der Waals surface area contributed by atoms with E-state index in [0.29, 0.717) is 12.3 Å². The number of hydrogen-bond donors (Lipinski definition) is 2. The van der Waals surface area contributed by atoms with Gasteiger partial charge in [0.25, 0.3) is 0 Å². The molecule has 0 aliphatic heterocycles. The number of aryl methyl sites for hydroxylation is 1. The van der Waals surface area contributed by atoms with Gasteiger partial charge in [0.2, 0.25) is 11.8 Å². The smallest absolute Gasteiger partial charge is 0.242 e. The number of carbonyl (C=O) groups excluding carboxylic acids is 2. The summed E-state index contributed by atoms with van der Waals surface area (Å²) in [6, 6.07) is 7.79. The summed E-state index contributed by atoms with van der Waals surface area (Å²) in [6.45, 7) is 6.38. The third-order valence-corrected chi connectivity index (χ3v) is 3.95. The maximum atomic E-state index is 11.8. The van der Waals surface area contributed by atoms with E-state index in [1.165, 1.54) is 11.1 Å². The van der Waals surface area contributed by atoms with Crippen molar-refractivity contribution < 1.29 is 9.59 Å². The fraction of sp³-hybridized carbons (Fsp3) is 0.500. The zero-order valence-corrected chi connectivity index (χ0v) is 13.8. The maximum absolute atomic E-state index is 11.8. The van der Waals surface area contributed by atoms with Crippen molar-refractivity contribution in [3.05, 3.63) is 35.4 Å². The minimum absolute atomic E-state index is 0.105. The molecule has 4 nitrogen and oxygen atoms in total. The second-order valence-corrected chi connectivity index (χ2v) is 6.04. The predicted octanol–water partition coefficient (Wildman–Crippen LogP) is 2.26. The molecule has 5 heteroatoms. The molecule has 1 aromatic rings. The van der Waals surface area contributed by atoms with Crippen LogP contribution >= 0.6 is 11.8 Å². The largest absolute Gasteiger partial charge is 0.354 e. The van der Waals surface area contributed by atoms with Crippen LogP contribution in [0.2, 0.25) is 0 Å². The molecule has 0 fully saturated rings. The van der Waals surface area contributed by atoms with Gasteiger partial charge >= 0.3 is 0 Å². The summed E-state index contributed by atoms with van der Waals surface area (Å²) in [5.74, 6) is 0.920.